The Morgan fingerprint density at radius 3 is 2.64 bits per heavy atom. The summed E-state index contributed by atoms with van der Waals surface area (Å²) < 4.78 is 13.8. The van der Waals surface area contributed by atoms with Crippen LogP contribution < -0.4 is 26.6 Å². The van der Waals surface area contributed by atoms with Crippen LogP contribution >= 0.6 is 23.2 Å². The smallest absolute Gasteiger partial charge is 0.237 e. The summed E-state index contributed by atoms with van der Waals surface area (Å²) in [5.41, 5.74) is 0. The molecule has 9 atom stereocenters. The Kier molecular flexibility index (Phi) is 8.99. The van der Waals surface area contributed by atoms with Crippen molar-refractivity contribution >= 4 is 35.1 Å². The lowest BCUT2D eigenvalue weighted by Crippen LogP contribution is -2.60. The van der Waals surface area contributed by atoms with Crippen LogP contribution in [0.3, 0.4) is 0 Å². The lowest BCUT2D eigenvalue weighted by atomic mass is 9.76. The number of hydrogen-bond donors (Lipinski definition) is 5. The predicted octanol–water partition coefficient (Wildman–Crippen LogP) is 2.09. The molecule has 33 heavy (non-hydrogen) atoms. The third-order valence-electron chi connectivity index (χ3n) is 7.84. The van der Waals surface area contributed by atoms with Gasteiger partial charge in [0, 0.05) is 37.1 Å². The zero-order valence-corrected chi connectivity index (χ0v) is 21.0. The number of alkyl halides is 3. The minimum absolute atomic E-state index is 0.0262. The molecular formula is C23H39Cl2FN6O. The van der Waals surface area contributed by atoms with Crippen molar-refractivity contribution in [1.82, 2.24) is 26.6 Å². The van der Waals surface area contributed by atoms with E-state index in [9.17, 15) is 9.18 Å². The van der Waals surface area contributed by atoms with E-state index in [1.807, 2.05) is 0 Å². The summed E-state index contributed by atoms with van der Waals surface area (Å²) in [6.45, 7) is 5.14. The van der Waals surface area contributed by atoms with Gasteiger partial charge in [-0.25, -0.2) is 4.39 Å². The topological polar surface area (TPSA) is 89.6 Å². The van der Waals surface area contributed by atoms with Crippen molar-refractivity contribution in [3.8, 4) is 0 Å². The molecule has 0 bridgehead atoms. The highest BCUT2D eigenvalue weighted by atomic mass is 35.5. The molecule has 0 aromatic heterocycles. The molecule has 0 radical (unpaired) electrons. The van der Waals surface area contributed by atoms with Crippen LogP contribution in [-0.4, -0.2) is 73.2 Å². The monoisotopic (exact) mass is 504 g/mol. The van der Waals surface area contributed by atoms with Crippen molar-refractivity contribution in [3.05, 3.63) is 0 Å². The summed E-state index contributed by atoms with van der Waals surface area (Å²) in [4.78, 5) is 17.6. The van der Waals surface area contributed by atoms with Gasteiger partial charge < -0.3 is 21.3 Å². The number of amides is 1. The van der Waals surface area contributed by atoms with Crippen molar-refractivity contribution in [2.75, 3.05) is 26.2 Å². The maximum absolute atomic E-state index is 13.8. The number of hydrogen-bond acceptors (Lipinski definition) is 6. The SMILES string of the molecule is CC1NC(F)CCC1C1CC(CNC2=NCCN2)CC(C(=O)NCC2CCC(Cl)C(Cl)C2)N1. The molecule has 4 rings (SSSR count). The lowest BCUT2D eigenvalue weighted by Gasteiger charge is -2.44. The number of carbonyl (C=O) groups is 1. The molecule has 2 saturated heterocycles. The molecule has 3 heterocycles. The van der Waals surface area contributed by atoms with Crippen molar-refractivity contribution in [3.63, 3.8) is 0 Å². The van der Waals surface area contributed by atoms with Crippen molar-refractivity contribution in [1.29, 1.82) is 0 Å². The quantitative estimate of drug-likeness (QED) is 0.282. The van der Waals surface area contributed by atoms with Gasteiger partial charge in [0.2, 0.25) is 5.91 Å². The first-order chi connectivity index (χ1) is 15.9. The molecule has 0 aromatic carbocycles. The summed E-state index contributed by atoms with van der Waals surface area (Å²) >= 11 is 12.6. The van der Waals surface area contributed by atoms with Gasteiger partial charge in [0.05, 0.1) is 18.0 Å². The van der Waals surface area contributed by atoms with Gasteiger partial charge in [-0.1, -0.05) is 0 Å². The normalized spacial score (nSPS) is 41.7. The van der Waals surface area contributed by atoms with Crippen molar-refractivity contribution < 1.29 is 9.18 Å². The standard InChI is InChI=1S/C23H39Cl2FN6O/c1-13-16(3-5-21(26)31-13)19-9-15(12-30-23-27-6-7-28-23)10-20(32-19)22(33)29-11-14-2-4-17(24)18(25)8-14/h13-21,31-32H,2-12H2,1H3,(H,29,33)(H2,27,28,30). The van der Waals surface area contributed by atoms with Crippen LogP contribution in [0.4, 0.5) is 4.39 Å². The van der Waals surface area contributed by atoms with Crippen molar-refractivity contribution in [2.45, 2.75) is 87.0 Å². The van der Waals surface area contributed by atoms with Gasteiger partial charge in [0.25, 0.3) is 0 Å². The average Bonchev–Trinajstić information content (AvgIpc) is 3.32. The minimum Gasteiger partial charge on any atom is -0.356 e. The second kappa shape index (κ2) is 11.7. The molecule has 0 spiro atoms. The predicted molar refractivity (Wildman–Crippen MR) is 132 cm³/mol. The Labute approximate surface area is 206 Å². The summed E-state index contributed by atoms with van der Waals surface area (Å²) in [6.07, 6.45) is 4.89. The first kappa shape index (κ1) is 25.3. The molecular weight excluding hydrogens is 466 g/mol. The molecule has 5 N–H and O–H groups in total. The lowest BCUT2D eigenvalue weighted by molar-refractivity contribution is -0.125. The molecule has 3 fully saturated rings. The molecule has 1 saturated carbocycles. The maximum Gasteiger partial charge on any atom is 0.237 e. The fourth-order valence-electron chi connectivity index (χ4n) is 5.93. The molecule has 3 aliphatic heterocycles. The third-order valence-corrected chi connectivity index (χ3v) is 8.98. The Morgan fingerprint density at radius 2 is 1.91 bits per heavy atom. The molecule has 7 nitrogen and oxygen atoms in total. The van der Waals surface area contributed by atoms with Gasteiger partial charge in [0.1, 0.15) is 0 Å². The number of nitrogens with zero attached hydrogens (tertiary/aromatic N) is 1. The number of halogens is 3. The highest BCUT2D eigenvalue weighted by Crippen LogP contribution is 2.33. The Hall–Kier alpha value is -0.830. The number of piperidine rings is 2. The van der Waals surface area contributed by atoms with Gasteiger partial charge in [0.15, 0.2) is 12.3 Å². The second-order valence-corrected chi connectivity index (χ2v) is 11.4. The summed E-state index contributed by atoms with van der Waals surface area (Å²) in [5, 5.41) is 16.6. The molecule has 9 unspecified atom stereocenters. The van der Waals surface area contributed by atoms with E-state index in [1.54, 1.807) is 0 Å². The van der Waals surface area contributed by atoms with Gasteiger partial charge in [-0.15, -0.1) is 23.2 Å². The number of rotatable bonds is 6. The highest BCUT2D eigenvalue weighted by molar-refractivity contribution is 6.30. The molecule has 188 valence electrons. The van der Waals surface area contributed by atoms with E-state index in [0.717, 1.165) is 64.1 Å². The van der Waals surface area contributed by atoms with Crippen LogP contribution in [0.25, 0.3) is 0 Å². The van der Waals surface area contributed by atoms with E-state index in [-0.39, 0.29) is 34.8 Å². The van der Waals surface area contributed by atoms with Crippen LogP contribution in [-0.2, 0) is 4.79 Å². The second-order valence-electron chi connectivity index (χ2n) is 10.3. The zero-order chi connectivity index (χ0) is 23.4. The zero-order valence-electron chi connectivity index (χ0n) is 19.5. The van der Waals surface area contributed by atoms with Gasteiger partial charge >= 0.3 is 0 Å². The number of nitrogens with one attached hydrogen (secondary N) is 5. The van der Waals surface area contributed by atoms with Crippen LogP contribution in [0.5, 0.6) is 0 Å². The molecule has 1 amide bonds. The van der Waals surface area contributed by atoms with E-state index < -0.39 is 6.30 Å². The van der Waals surface area contributed by atoms with E-state index in [2.05, 4.69) is 38.5 Å². The van der Waals surface area contributed by atoms with E-state index in [0.29, 0.717) is 30.7 Å². The van der Waals surface area contributed by atoms with E-state index in [1.165, 1.54) is 0 Å². The minimum atomic E-state index is -0.934. The largest absolute Gasteiger partial charge is 0.356 e. The number of guanidine groups is 1. The van der Waals surface area contributed by atoms with Crippen LogP contribution in [0.1, 0.15) is 51.9 Å². The average molecular weight is 506 g/mol. The first-order valence-electron chi connectivity index (χ1n) is 12.6. The van der Waals surface area contributed by atoms with E-state index in [4.69, 9.17) is 23.2 Å². The highest BCUT2D eigenvalue weighted by Gasteiger charge is 2.40. The fraction of sp³-hybridized carbons (Fsp3) is 0.913. The van der Waals surface area contributed by atoms with Crippen LogP contribution in [0.2, 0.25) is 0 Å². The molecule has 0 aromatic rings. The summed E-state index contributed by atoms with van der Waals surface area (Å²) in [7, 11) is 0. The van der Waals surface area contributed by atoms with Gasteiger partial charge in [-0.05, 0) is 69.6 Å². The Bertz CT molecular complexity index is 700. The maximum atomic E-state index is 13.8. The van der Waals surface area contributed by atoms with Crippen molar-refractivity contribution in [2.24, 2.45) is 22.7 Å². The first-order valence-corrected chi connectivity index (χ1v) is 13.5. The Balaban J connectivity index is 1.35. The Morgan fingerprint density at radius 1 is 1.06 bits per heavy atom. The molecule has 1 aliphatic carbocycles. The third kappa shape index (κ3) is 6.86. The number of aliphatic imine (C=N–C) groups is 1. The fourth-order valence-corrected chi connectivity index (χ4v) is 6.54. The summed E-state index contributed by atoms with van der Waals surface area (Å²) in [5.74, 6) is 1.92. The molecule has 10 heteroatoms. The van der Waals surface area contributed by atoms with Crippen LogP contribution in [0.15, 0.2) is 4.99 Å². The van der Waals surface area contributed by atoms with E-state index >= 15 is 0 Å². The number of carbonyl (C=O) groups excluding carboxylic acids is 1. The summed E-state index contributed by atoms with van der Waals surface area (Å²) in [6, 6.07) is 0.00288. The van der Waals surface area contributed by atoms with Crippen LogP contribution in [0, 0.1) is 17.8 Å². The van der Waals surface area contributed by atoms with Gasteiger partial charge in [-0.3, -0.25) is 15.1 Å². The molecule has 4 aliphatic rings. The van der Waals surface area contributed by atoms with Gasteiger partial charge in [-0.2, -0.15) is 0 Å².